The van der Waals surface area contributed by atoms with Crippen molar-refractivity contribution in [2.75, 3.05) is 127 Å². The molecule has 10 aliphatic heterocycles. The van der Waals surface area contributed by atoms with Crippen molar-refractivity contribution in [3.63, 3.8) is 0 Å². The second kappa shape index (κ2) is 41.8. The highest BCUT2D eigenvalue weighted by molar-refractivity contribution is 8.05. The first kappa shape index (κ1) is 84.8. The maximum Gasteiger partial charge on any atom is 0.185 e. The van der Waals surface area contributed by atoms with Crippen LogP contribution in [0.4, 0.5) is 0 Å². The van der Waals surface area contributed by atoms with Crippen LogP contribution in [0.15, 0.2) is 126 Å². The van der Waals surface area contributed by atoms with Crippen molar-refractivity contribution in [2.24, 2.45) is 27.1 Å². The van der Waals surface area contributed by atoms with E-state index in [1.807, 2.05) is 47.8 Å². The Morgan fingerprint density at radius 3 is 1.12 bits per heavy atom. The Balaban J connectivity index is 0.000000119. The predicted molar refractivity (Wildman–Crippen MR) is 436 cm³/mol. The maximum atomic E-state index is 11.5. The Hall–Kier alpha value is -3.10. The van der Waals surface area contributed by atoms with Gasteiger partial charge in [-0.2, -0.15) is 0 Å². The molecule has 4 aromatic rings. The lowest BCUT2D eigenvalue weighted by atomic mass is 9.68. The van der Waals surface area contributed by atoms with Crippen LogP contribution in [0, 0.1) is 27.1 Å². The lowest BCUT2D eigenvalue weighted by Gasteiger charge is -2.44. The SMILES string of the molecule is C1CCC2(C1)CCNC2.C1CCC2(CC1)CCNC2.C1CCC2(CC1)CCNC2.C1CCC2(CC1)CCNCC2.C1CCC2(CC1)COC2.C1CCC2(CC1)OCCCO2.O=S1(=O)CCOc2ccccc21.O=S1(=O)CCS(=O)(=O)c2ccccc21.O=S1CCOc2ccccc21.c1ccc2c(c1)SCCS2. The lowest BCUT2D eigenvalue weighted by Crippen LogP contribution is -2.43. The molecule has 16 nitrogen and oxygen atoms in total. The fourth-order valence-electron chi connectivity index (χ4n) is 18.8. The Labute approximate surface area is 655 Å². The van der Waals surface area contributed by atoms with Crippen LogP contribution >= 0.6 is 23.5 Å². The first-order valence-electron chi connectivity index (χ1n) is 41.6. The molecule has 20 rings (SSSR count). The molecule has 1 atom stereocenters. The topological polar surface area (TPSA) is 214 Å². The number of benzene rings is 4. The fraction of sp³-hybridized carbons (Fsp3) is 0.718. The van der Waals surface area contributed by atoms with Crippen LogP contribution in [-0.2, 0) is 54.5 Å². The quantitative estimate of drug-likeness (QED) is 0.129. The molecule has 4 N–H and O–H groups in total. The summed E-state index contributed by atoms with van der Waals surface area (Å²) in [6.07, 6.45) is 50.1. The smallest absolute Gasteiger partial charge is 0.185 e. The first-order chi connectivity index (χ1) is 52.0. The minimum atomic E-state index is -3.39. The number of thioether (sulfide) groups is 2. The van der Waals surface area contributed by atoms with Gasteiger partial charge in [-0.25, -0.2) is 25.3 Å². The molecule has 12 fully saturated rings. The number of nitrogens with one attached hydrogen (secondary N) is 4. The number of piperidine rings is 1. The molecule has 0 radical (unpaired) electrons. The third kappa shape index (κ3) is 25.2. The van der Waals surface area contributed by atoms with Gasteiger partial charge in [-0.15, -0.1) is 23.5 Å². The Kier molecular flexibility index (Phi) is 33.1. The number of sulfone groups is 3. The predicted octanol–water partition coefficient (Wildman–Crippen LogP) is 16.9. The van der Waals surface area contributed by atoms with Crippen LogP contribution in [0.25, 0.3) is 0 Å². The number of para-hydroxylation sites is 2. The molecule has 598 valence electrons. The van der Waals surface area contributed by atoms with E-state index in [0.717, 1.165) is 78.0 Å². The van der Waals surface area contributed by atoms with E-state index in [9.17, 15) is 29.5 Å². The van der Waals surface area contributed by atoms with Gasteiger partial charge in [0.25, 0.3) is 0 Å². The number of hydrogen-bond donors (Lipinski definition) is 4. The molecule has 6 aliphatic carbocycles. The highest BCUT2D eigenvalue weighted by Crippen LogP contribution is 2.46. The highest BCUT2D eigenvalue weighted by Gasteiger charge is 2.41. The van der Waals surface area contributed by atoms with E-state index < -0.39 is 40.3 Å². The van der Waals surface area contributed by atoms with Gasteiger partial charge in [0, 0.05) is 59.2 Å². The molecule has 0 aromatic heterocycles. The number of fused-ring (bicyclic) bond motifs is 4. The maximum absolute atomic E-state index is 11.5. The molecule has 6 saturated carbocycles. The van der Waals surface area contributed by atoms with Gasteiger partial charge in [-0.05, 0) is 218 Å². The second-order valence-electron chi connectivity index (χ2n) is 33.2. The summed E-state index contributed by atoms with van der Waals surface area (Å²) in [5, 5.41) is 13.9. The fourth-order valence-corrected chi connectivity index (χ4v) is 27.6. The van der Waals surface area contributed by atoms with Crippen molar-refractivity contribution in [2.45, 2.75) is 260 Å². The molecular formula is C85H130N4O12S6. The van der Waals surface area contributed by atoms with E-state index in [1.54, 1.807) is 24.3 Å². The van der Waals surface area contributed by atoms with Gasteiger partial charge in [0.05, 0.1) is 74.9 Å². The van der Waals surface area contributed by atoms with Crippen molar-refractivity contribution in [3.8, 4) is 11.5 Å². The van der Waals surface area contributed by atoms with Crippen LogP contribution in [-0.4, -0.2) is 162 Å². The minimum Gasteiger partial charge on any atom is -0.491 e. The molecule has 16 aliphatic rings. The van der Waals surface area contributed by atoms with Crippen LogP contribution in [0.5, 0.6) is 11.5 Å². The molecule has 1 unspecified atom stereocenters. The van der Waals surface area contributed by atoms with E-state index in [2.05, 4.69) is 45.5 Å². The van der Waals surface area contributed by atoms with E-state index in [4.69, 9.17) is 23.7 Å². The Morgan fingerprint density at radius 1 is 0.336 bits per heavy atom. The molecule has 10 heterocycles. The van der Waals surface area contributed by atoms with Gasteiger partial charge in [0.2, 0.25) is 0 Å². The molecule has 107 heavy (non-hydrogen) atoms. The third-order valence-corrected chi connectivity index (χ3v) is 35.0. The summed E-state index contributed by atoms with van der Waals surface area (Å²) in [6.45, 7) is 15.1. The normalized spacial score (nSPS) is 26.4. The summed E-state index contributed by atoms with van der Waals surface area (Å²) < 4.78 is 107. The van der Waals surface area contributed by atoms with Crippen molar-refractivity contribution in [1.82, 2.24) is 21.3 Å². The largest absolute Gasteiger partial charge is 0.491 e. The third-order valence-electron chi connectivity index (χ3n) is 25.4. The summed E-state index contributed by atoms with van der Waals surface area (Å²) >= 11 is 3.94. The van der Waals surface area contributed by atoms with Gasteiger partial charge in [0.1, 0.15) is 29.6 Å². The average molecular weight is 1590 g/mol. The van der Waals surface area contributed by atoms with Crippen LogP contribution in [0.1, 0.15) is 225 Å². The Morgan fingerprint density at radius 2 is 0.701 bits per heavy atom. The van der Waals surface area contributed by atoms with E-state index in [1.165, 1.54) is 303 Å². The average Bonchev–Trinajstić information content (AvgIpc) is 1.56. The Bertz CT molecular complexity index is 3470. The molecule has 0 bridgehead atoms. The standard InChI is InChI=1S/C10H19N.2C9H17N.C9H16O2.C8H15N.C8H8O4S2.C8H8O3S.C8H8O2S.C8H14O.C8H8S2/c1-2-4-10(5-3-1)6-8-11-9-7-10;2*1-2-4-9(5-3-1)6-7-10-8-9;1-2-5-9(6-3-1)10-7-4-8-11-9;1-2-4-8(3-1)5-6-9-7-8;9-13(10)5-6-14(11,12)8-4-2-1-3-7(8)13;9-12(10)6-5-11-7-3-1-2-4-8(7)12;9-11-6-5-10-7-3-1-2-4-8(7)11;1-2-4-8(5-3-1)6-9-7-8;1-2-4-8-7(3-1)9-5-6-10-8/h11H,1-9H2;2*10H,1-8H2;1-8H2;9H,1-7H2;1-4H,5-6H2;1-4H,5-6H2;1-4H,5-6H2;1-7H2;1-4H,5-6H2. The van der Waals surface area contributed by atoms with E-state index >= 15 is 0 Å². The molecule has 22 heteroatoms. The van der Waals surface area contributed by atoms with E-state index in [0.29, 0.717) is 28.4 Å². The zero-order valence-electron chi connectivity index (χ0n) is 64.5. The van der Waals surface area contributed by atoms with Crippen LogP contribution in [0.3, 0.4) is 0 Å². The molecule has 6 spiro atoms. The number of ether oxygens (including phenoxy) is 5. The lowest BCUT2D eigenvalue weighted by molar-refractivity contribution is -0.279. The number of rotatable bonds is 0. The monoisotopic (exact) mass is 1590 g/mol. The summed E-state index contributed by atoms with van der Waals surface area (Å²) in [6, 6.07) is 28.5. The van der Waals surface area contributed by atoms with Crippen LogP contribution in [0.2, 0.25) is 0 Å². The first-order valence-corrected chi connectivity index (χ1v) is 49.8. The molecule has 6 saturated heterocycles. The van der Waals surface area contributed by atoms with Crippen molar-refractivity contribution in [1.29, 1.82) is 0 Å². The van der Waals surface area contributed by atoms with Gasteiger partial charge >= 0.3 is 0 Å². The van der Waals surface area contributed by atoms with Crippen molar-refractivity contribution in [3.05, 3.63) is 97.1 Å². The zero-order valence-corrected chi connectivity index (χ0v) is 69.4. The van der Waals surface area contributed by atoms with Gasteiger partial charge in [0.15, 0.2) is 35.3 Å². The summed E-state index contributed by atoms with van der Waals surface area (Å²) in [5.41, 5.74) is 3.78. The van der Waals surface area contributed by atoms with Crippen molar-refractivity contribution >= 4 is 63.8 Å². The molecular weight excluding hydrogens is 1460 g/mol. The zero-order chi connectivity index (χ0) is 74.7. The molecule has 0 amide bonds. The van der Waals surface area contributed by atoms with Gasteiger partial charge in [-0.1, -0.05) is 145 Å². The second-order valence-corrected chi connectivity index (χ2v) is 43.2. The van der Waals surface area contributed by atoms with Crippen molar-refractivity contribution < 1.29 is 53.1 Å². The van der Waals surface area contributed by atoms with Gasteiger partial charge < -0.3 is 45.0 Å². The molecule has 4 aromatic carbocycles. The summed E-state index contributed by atoms with van der Waals surface area (Å²) in [7, 11) is -10.7. The highest BCUT2D eigenvalue weighted by atomic mass is 32.2. The van der Waals surface area contributed by atoms with Gasteiger partial charge in [-0.3, -0.25) is 4.21 Å². The summed E-state index contributed by atoms with van der Waals surface area (Å²) in [4.78, 5) is 3.94. The van der Waals surface area contributed by atoms with E-state index in [-0.39, 0.29) is 39.4 Å². The number of hydrogen-bond acceptors (Lipinski definition) is 18. The minimum absolute atomic E-state index is 0.0637. The van der Waals surface area contributed by atoms with Crippen LogP contribution < -0.4 is 30.7 Å². The summed E-state index contributed by atoms with van der Waals surface area (Å²) in [5.74, 6) is 3.72.